The summed E-state index contributed by atoms with van der Waals surface area (Å²) < 4.78 is 0. The van der Waals surface area contributed by atoms with Crippen molar-refractivity contribution in [1.82, 2.24) is 10.2 Å². The number of piperazine rings is 1. The number of hydrogen-bond acceptors (Lipinski definition) is 3. The third kappa shape index (κ3) is 2.04. The molecule has 0 spiro atoms. The number of amides is 2. The fraction of sp³-hybridized carbons (Fsp3) is 0.750. The van der Waals surface area contributed by atoms with Gasteiger partial charge in [-0.2, -0.15) is 0 Å². The van der Waals surface area contributed by atoms with Crippen molar-refractivity contribution in [2.45, 2.75) is 13.8 Å². The van der Waals surface area contributed by atoms with E-state index in [2.05, 4.69) is 5.32 Å². The van der Waals surface area contributed by atoms with E-state index in [0.29, 0.717) is 25.6 Å². The quantitative estimate of drug-likeness (QED) is 0.574. The molecule has 0 aromatic rings. The molecule has 0 aromatic heterocycles. The lowest BCUT2D eigenvalue weighted by molar-refractivity contribution is -0.147. The maximum atomic E-state index is 11.2. The van der Waals surface area contributed by atoms with Gasteiger partial charge in [-0.3, -0.25) is 19.8 Å². The summed E-state index contributed by atoms with van der Waals surface area (Å²) in [7, 11) is 0. The molecule has 68 valence electrons. The maximum Gasteiger partial charge on any atom is 0.243 e. The minimum atomic E-state index is -0.111. The molecule has 4 heteroatoms. The van der Waals surface area contributed by atoms with Gasteiger partial charge in [0.2, 0.25) is 11.8 Å². The second kappa shape index (κ2) is 3.67. The lowest BCUT2D eigenvalue weighted by Gasteiger charge is -2.26. The van der Waals surface area contributed by atoms with Crippen LogP contribution in [0.4, 0.5) is 0 Å². The van der Waals surface area contributed by atoms with Gasteiger partial charge in [0.15, 0.2) is 0 Å². The highest BCUT2D eigenvalue weighted by molar-refractivity contribution is 5.99. The first-order valence-electron chi connectivity index (χ1n) is 4.15. The first kappa shape index (κ1) is 9.19. The van der Waals surface area contributed by atoms with E-state index in [-0.39, 0.29) is 11.8 Å². The molecular weight excluding hydrogens is 156 g/mol. The van der Waals surface area contributed by atoms with Crippen molar-refractivity contribution in [2.24, 2.45) is 5.92 Å². The molecule has 1 aliphatic heterocycles. The Kier molecular flexibility index (Phi) is 2.81. The number of hydrogen-bond donors (Lipinski definition) is 1. The highest BCUT2D eigenvalue weighted by Gasteiger charge is 2.25. The van der Waals surface area contributed by atoms with Gasteiger partial charge >= 0.3 is 0 Å². The molecule has 0 aliphatic carbocycles. The van der Waals surface area contributed by atoms with Crippen molar-refractivity contribution in [3.63, 3.8) is 0 Å². The van der Waals surface area contributed by atoms with E-state index < -0.39 is 0 Å². The molecule has 1 heterocycles. The van der Waals surface area contributed by atoms with Crippen molar-refractivity contribution in [2.75, 3.05) is 19.6 Å². The Labute approximate surface area is 71.9 Å². The Bertz CT molecular complexity index is 185. The van der Waals surface area contributed by atoms with E-state index >= 15 is 0 Å². The Balaban J connectivity index is 2.57. The highest BCUT2D eigenvalue weighted by atomic mass is 16.2. The van der Waals surface area contributed by atoms with E-state index in [0.717, 1.165) is 0 Å². The third-order valence-corrected chi connectivity index (χ3v) is 1.70. The van der Waals surface area contributed by atoms with Crippen LogP contribution in [0.5, 0.6) is 0 Å². The Hall–Kier alpha value is -0.900. The zero-order chi connectivity index (χ0) is 9.14. The standard InChI is InChI=1S/C8H14N2O2/c1-6(2)5-10-7(11)3-9-4-8(10)12/h6,9H,3-5H2,1-2H3. The van der Waals surface area contributed by atoms with Crippen molar-refractivity contribution >= 4 is 11.8 Å². The van der Waals surface area contributed by atoms with Crippen LogP contribution in [0.1, 0.15) is 13.8 Å². The fourth-order valence-corrected chi connectivity index (χ4v) is 1.18. The molecule has 1 fully saturated rings. The predicted molar refractivity (Wildman–Crippen MR) is 44.4 cm³/mol. The normalized spacial score (nSPS) is 19.1. The Morgan fingerprint density at radius 2 is 1.83 bits per heavy atom. The predicted octanol–water partition coefficient (Wildman–Crippen LogP) is -0.399. The van der Waals surface area contributed by atoms with Crippen LogP contribution in [0.15, 0.2) is 0 Å². The van der Waals surface area contributed by atoms with Crippen LogP contribution in [-0.2, 0) is 9.59 Å². The summed E-state index contributed by atoms with van der Waals surface area (Å²) in [6.07, 6.45) is 0. The largest absolute Gasteiger partial charge is 0.300 e. The number of imide groups is 1. The average Bonchev–Trinajstić information content (AvgIpc) is 1.97. The second-order valence-corrected chi connectivity index (χ2v) is 3.40. The topological polar surface area (TPSA) is 49.4 Å². The smallest absolute Gasteiger partial charge is 0.243 e. The Morgan fingerprint density at radius 1 is 1.33 bits per heavy atom. The third-order valence-electron chi connectivity index (χ3n) is 1.70. The molecule has 0 saturated carbocycles. The zero-order valence-electron chi connectivity index (χ0n) is 7.46. The van der Waals surface area contributed by atoms with Gasteiger partial charge in [0.1, 0.15) is 0 Å². The van der Waals surface area contributed by atoms with Gasteiger partial charge in [-0.05, 0) is 5.92 Å². The average molecular weight is 170 g/mol. The SMILES string of the molecule is CC(C)CN1C(=O)CNCC1=O. The van der Waals surface area contributed by atoms with Gasteiger partial charge in [-0.1, -0.05) is 13.8 Å². The maximum absolute atomic E-state index is 11.2. The fourth-order valence-electron chi connectivity index (χ4n) is 1.18. The van der Waals surface area contributed by atoms with Crippen molar-refractivity contribution in [3.05, 3.63) is 0 Å². The van der Waals surface area contributed by atoms with Gasteiger partial charge in [-0.25, -0.2) is 0 Å². The highest BCUT2D eigenvalue weighted by Crippen LogP contribution is 2.02. The van der Waals surface area contributed by atoms with Crippen LogP contribution in [-0.4, -0.2) is 36.3 Å². The van der Waals surface area contributed by atoms with Crippen molar-refractivity contribution < 1.29 is 9.59 Å². The molecule has 1 saturated heterocycles. The molecule has 0 unspecified atom stereocenters. The minimum absolute atomic E-state index is 0.111. The van der Waals surface area contributed by atoms with E-state index in [9.17, 15) is 9.59 Å². The van der Waals surface area contributed by atoms with Crippen molar-refractivity contribution in [1.29, 1.82) is 0 Å². The van der Waals surface area contributed by atoms with Gasteiger partial charge in [0.05, 0.1) is 13.1 Å². The summed E-state index contributed by atoms with van der Waals surface area (Å²) in [5, 5.41) is 2.75. The minimum Gasteiger partial charge on any atom is -0.300 e. The molecule has 0 aromatic carbocycles. The van der Waals surface area contributed by atoms with E-state index in [1.165, 1.54) is 4.90 Å². The van der Waals surface area contributed by atoms with Crippen LogP contribution in [0.2, 0.25) is 0 Å². The number of rotatable bonds is 2. The van der Waals surface area contributed by atoms with E-state index in [4.69, 9.17) is 0 Å². The van der Waals surface area contributed by atoms with Crippen LogP contribution < -0.4 is 5.32 Å². The lowest BCUT2D eigenvalue weighted by Crippen LogP contribution is -2.53. The molecular formula is C8H14N2O2. The summed E-state index contributed by atoms with van der Waals surface area (Å²) in [6.45, 7) is 5.10. The molecule has 4 nitrogen and oxygen atoms in total. The molecule has 1 rings (SSSR count). The monoisotopic (exact) mass is 170 g/mol. The van der Waals surface area contributed by atoms with Crippen LogP contribution >= 0.6 is 0 Å². The van der Waals surface area contributed by atoms with Crippen LogP contribution in [0.25, 0.3) is 0 Å². The lowest BCUT2D eigenvalue weighted by atomic mass is 10.2. The Morgan fingerprint density at radius 3 is 2.25 bits per heavy atom. The number of nitrogens with one attached hydrogen (secondary N) is 1. The first-order chi connectivity index (χ1) is 5.61. The van der Waals surface area contributed by atoms with Gasteiger partial charge in [0.25, 0.3) is 0 Å². The van der Waals surface area contributed by atoms with Crippen LogP contribution in [0, 0.1) is 5.92 Å². The molecule has 1 N–H and O–H groups in total. The van der Waals surface area contributed by atoms with E-state index in [1.807, 2.05) is 13.8 Å². The second-order valence-electron chi connectivity index (χ2n) is 3.40. The summed E-state index contributed by atoms with van der Waals surface area (Å²) in [5.41, 5.74) is 0. The molecule has 0 bridgehead atoms. The number of nitrogens with zero attached hydrogens (tertiary/aromatic N) is 1. The summed E-state index contributed by atoms with van der Waals surface area (Å²) in [5.74, 6) is 0.121. The van der Waals surface area contributed by atoms with Crippen molar-refractivity contribution in [3.8, 4) is 0 Å². The molecule has 1 aliphatic rings. The van der Waals surface area contributed by atoms with Gasteiger partial charge in [0, 0.05) is 6.54 Å². The zero-order valence-corrected chi connectivity index (χ0v) is 7.46. The molecule has 0 radical (unpaired) electrons. The number of carbonyl (C=O) groups excluding carboxylic acids is 2. The van der Waals surface area contributed by atoms with Crippen LogP contribution in [0.3, 0.4) is 0 Å². The van der Waals surface area contributed by atoms with E-state index in [1.54, 1.807) is 0 Å². The molecule has 2 amide bonds. The summed E-state index contributed by atoms with van der Waals surface area (Å²) in [6, 6.07) is 0. The molecule has 0 atom stereocenters. The molecule has 12 heavy (non-hydrogen) atoms. The summed E-state index contributed by atoms with van der Waals surface area (Å²) >= 11 is 0. The summed E-state index contributed by atoms with van der Waals surface area (Å²) in [4.78, 5) is 23.7. The van der Waals surface area contributed by atoms with Gasteiger partial charge in [-0.15, -0.1) is 0 Å². The first-order valence-corrected chi connectivity index (χ1v) is 4.15. The van der Waals surface area contributed by atoms with Gasteiger partial charge < -0.3 is 0 Å². The number of carbonyl (C=O) groups is 2.